The number of Topliss-reactive ketones (excluding diaryl/α,β-unsaturated/α-hetero) is 1. The van der Waals surface area contributed by atoms with Crippen LogP contribution in [0.2, 0.25) is 0 Å². The zero-order valence-corrected chi connectivity index (χ0v) is 9.35. The Bertz CT molecular complexity index is 320. The molecule has 14 heavy (non-hydrogen) atoms. The first-order valence-electron chi connectivity index (χ1n) is 4.26. The quantitative estimate of drug-likeness (QED) is 0.679. The van der Waals surface area contributed by atoms with Crippen LogP contribution < -0.4 is 5.32 Å². The van der Waals surface area contributed by atoms with Crippen molar-refractivity contribution in [3.8, 4) is 0 Å². The largest absolute Gasteiger partial charge is 0.346 e. The predicted octanol–water partition coefficient (Wildman–Crippen LogP) is -0.485. The molecule has 0 saturated heterocycles. The number of amides is 1. The molecule has 0 aromatic rings. The summed E-state index contributed by atoms with van der Waals surface area (Å²) < 4.78 is 21.4. The maximum atomic E-state index is 11.0. The molecule has 0 aliphatic carbocycles. The third-order valence-electron chi connectivity index (χ3n) is 1.60. The van der Waals surface area contributed by atoms with Crippen LogP contribution in [0.15, 0.2) is 0 Å². The lowest BCUT2D eigenvalue weighted by molar-refractivity contribution is -0.126. The van der Waals surface area contributed by atoms with Gasteiger partial charge in [0.1, 0.15) is 5.75 Å². The van der Waals surface area contributed by atoms with Crippen LogP contribution in [-0.2, 0) is 19.4 Å². The molecule has 0 spiro atoms. The van der Waals surface area contributed by atoms with E-state index >= 15 is 0 Å². The molecule has 5 nitrogen and oxygen atoms in total. The number of sulfone groups is 1. The third-order valence-corrected chi connectivity index (χ3v) is 2.39. The van der Waals surface area contributed by atoms with Crippen molar-refractivity contribution in [2.24, 2.45) is 0 Å². The second-order valence-electron chi connectivity index (χ2n) is 3.18. The Labute approximate surface area is 83.8 Å². The minimum atomic E-state index is -3.32. The molecule has 0 heterocycles. The Hall–Kier alpha value is -0.910. The first-order valence-corrected chi connectivity index (χ1v) is 6.32. The summed E-state index contributed by atoms with van der Waals surface area (Å²) in [5, 5.41) is 2.32. The fourth-order valence-corrected chi connectivity index (χ4v) is 1.47. The Morgan fingerprint density at radius 3 is 2.21 bits per heavy atom. The number of hydrogen-bond donors (Lipinski definition) is 1. The lowest BCUT2D eigenvalue weighted by atomic mass is 10.2. The SMILES string of the molecule is CCC(=O)C(C)NC(=O)CS(C)(=O)=O. The summed E-state index contributed by atoms with van der Waals surface area (Å²) in [6, 6.07) is -0.616. The highest BCUT2D eigenvalue weighted by Gasteiger charge is 2.16. The number of hydrogen-bond acceptors (Lipinski definition) is 4. The van der Waals surface area contributed by atoms with Gasteiger partial charge in [0.05, 0.1) is 6.04 Å². The number of carbonyl (C=O) groups is 2. The Morgan fingerprint density at radius 2 is 1.86 bits per heavy atom. The van der Waals surface area contributed by atoms with Crippen LogP contribution in [-0.4, -0.2) is 38.2 Å². The number of nitrogens with one attached hydrogen (secondary N) is 1. The van der Waals surface area contributed by atoms with Crippen molar-refractivity contribution in [2.75, 3.05) is 12.0 Å². The average molecular weight is 221 g/mol. The van der Waals surface area contributed by atoms with Gasteiger partial charge in [-0.15, -0.1) is 0 Å². The molecule has 0 aliphatic rings. The van der Waals surface area contributed by atoms with E-state index in [0.29, 0.717) is 6.42 Å². The third kappa shape index (κ3) is 5.69. The smallest absolute Gasteiger partial charge is 0.235 e. The minimum absolute atomic E-state index is 0.119. The van der Waals surface area contributed by atoms with E-state index in [1.54, 1.807) is 6.92 Å². The molecule has 1 amide bonds. The van der Waals surface area contributed by atoms with Crippen molar-refractivity contribution in [2.45, 2.75) is 26.3 Å². The number of rotatable bonds is 5. The van der Waals surface area contributed by atoms with E-state index in [2.05, 4.69) is 5.32 Å². The van der Waals surface area contributed by atoms with Gasteiger partial charge in [-0.1, -0.05) is 6.92 Å². The first-order chi connectivity index (χ1) is 6.26. The van der Waals surface area contributed by atoms with E-state index in [4.69, 9.17) is 0 Å². The number of carbonyl (C=O) groups excluding carboxylic acids is 2. The zero-order valence-electron chi connectivity index (χ0n) is 8.53. The summed E-state index contributed by atoms with van der Waals surface area (Å²) in [6.45, 7) is 3.22. The maximum absolute atomic E-state index is 11.0. The molecule has 0 rings (SSSR count). The van der Waals surface area contributed by atoms with Crippen molar-refractivity contribution in [1.29, 1.82) is 0 Å². The van der Waals surface area contributed by atoms with E-state index < -0.39 is 27.5 Å². The molecule has 0 fully saturated rings. The highest BCUT2D eigenvalue weighted by Crippen LogP contribution is 1.91. The molecule has 6 heteroatoms. The molecule has 82 valence electrons. The van der Waals surface area contributed by atoms with Crippen molar-refractivity contribution in [3.63, 3.8) is 0 Å². The summed E-state index contributed by atoms with van der Waals surface area (Å²) >= 11 is 0. The second kappa shape index (κ2) is 5.09. The molecule has 0 bridgehead atoms. The fourth-order valence-electron chi connectivity index (χ4n) is 0.908. The molecular weight excluding hydrogens is 206 g/mol. The van der Waals surface area contributed by atoms with E-state index in [0.717, 1.165) is 6.26 Å². The molecule has 0 aromatic carbocycles. The van der Waals surface area contributed by atoms with Crippen molar-refractivity contribution in [1.82, 2.24) is 5.32 Å². The van der Waals surface area contributed by atoms with Crippen LogP contribution >= 0.6 is 0 Å². The number of ketones is 1. The van der Waals surface area contributed by atoms with E-state index in [-0.39, 0.29) is 5.78 Å². The Balaban J connectivity index is 4.14. The minimum Gasteiger partial charge on any atom is -0.346 e. The van der Waals surface area contributed by atoms with Gasteiger partial charge in [-0.25, -0.2) is 8.42 Å². The standard InChI is InChI=1S/C8H15NO4S/c1-4-7(10)6(2)9-8(11)5-14(3,12)13/h6H,4-5H2,1-3H3,(H,9,11). The normalized spacial score (nSPS) is 13.4. The summed E-state index contributed by atoms with van der Waals surface area (Å²) in [7, 11) is -3.32. The lowest BCUT2D eigenvalue weighted by Crippen LogP contribution is -2.41. The molecule has 0 saturated carbocycles. The zero-order chi connectivity index (χ0) is 11.4. The molecule has 0 radical (unpaired) electrons. The maximum Gasteiger partial charge on any atom is 0.235 e. The molecule has 0 aliphatic heterocycles. The van der Waals surface area contributed by atoms with Gasteiger partial charge in [0.2, 0.25) is 5.91 Å². The van der Waals surface area contributed by atoms with Crippen LogP contribution in [0.4, 0.5) is 0 Å². The molecule has 1 unspecified atom stereocenters. The fraction of sp³-hybridized carbons (Fsp3) is 0.750. The van der Waals surface area contributed by atoms with Crippen LogP contribution in [0, 0.1) is 0 Å². The van der Waals surface area contributed by atoms with Crippen LogP contribution in [0.1, 0.15) is 20.3 Å². The predicted molar refractivity (Wildman–Crippen MR) is 52.6 cm³/mol. The summed E-state index contributed by atoms with van der Waals surface area (Å²) in [4.78, 5) is 22.1. The highest BCUT2D eigenvalue weighted by atomic mass is 32.2. The second-order valence-corrected chi connectivity index (χ2v) is 5.32. The van der Waals surface area contributed by atoms with Crippen LogP contribution in [0.5, 0.6) is 0 Å². The summed E-state index contributed by atoms with van der Waals surface area (Å²) in [5.74, 6) is -1.33. The highest BCUT2D eigenvalue weighted by molar-refractivity contribution is 7.91. The van der Waals surface area contributed by atoms with Gasteiger partial charge in [0.15, 0.2) is 15.6 Å². The Kier molecular flexibility index (Phi) is 4.76. The molecule has 1 N–H and O–H groups in total. The summed E-state index contributed by atoms with van der Waals surface area (Å²) in [5.41, 5.74) is 0. The van der Waals surface area contributed by atoms with Gasteiger partial charge in [-0.05, 0) is 6.92 Å². The first kappa shape index (κ1) is 13.1. The van der Waals surface area contributed by atoms with Gasteiger partial charge in [0, 0.05) is 12.7 Å². The van der Waals surface area contributed by atoms with E-state index in [9.17, 15) is 18.0 Å². The van der Waals surface area contributed by atoms with E-state index in [1.165, 1.54) is 6.92 Å². The average Bonchev–Trinajstić information content (AvgIpc) is 1.99. The van der Waals surface area contributed by atoms with Gasteiger partial charge in [-0.3, -0.25) is 9.59 Å². The van der Waals surface area contributed by atoms with Crippen molar-refractivity contribution in [3.05, 3.63) is 0 Å². The molecule has 1 atom stereocenters. The van der Waals surface area contributed by atoms with Gasteiger partial charge in [-0.2, -0.15) is 0 Å². The van der Waals surface area contributed by atoms with Crippen molar-refractivity contribution >= 4 is 21.5 Å². The van der Waals surface area contributed by atoms with Gasteiger partial charge >= 0.3 is 0 Å². The van der Waals surface area contributed by atoms with Gasteiger partial charge in [0.25, 0.3) is 0 Å². The summed E-state index contributed by atoms with van der Waals surface area (Å²) in [6.07, 6.45) is 1.29. The van der Waals surface area contributed by atoms with Crippen molar-refractivity contribution < 1.29 is 18.0 Å². The monoisotopic (exact) mass is 221 g/mol. The van der Waals surface area contributed by atoms with E-state index in [1.807, 2.05) is 0 Å². The van der Waals surface area contributed by atoms with Crippen LogP contribution in [0.25, 0.3) is 0 Å². The topological polar surface area (TPSA) is 80.3 Å². The Morgan fingerprint density at radius 1 is 1.36 bits per heavy atom. The van der Waals surface area contributed by atoms with Gasteiger partial charge < -0.3 is 5.32 Å². The molecular formula is C8H15NO4S. The lowest BCUT2D eigenvalue weighted by Gasteiger charge is -2.10. The van der Waals surface area contributed by atoms with Crippen LogP contribution in [0.3, 0.4) is 0 Å². The molecule has 0 aromatic heterocycles.